The normalized spacial score (nSPS) is 8.29. The molecule has 1 amide bonds. The fourth-order valence-corrected chi connectivity index (χ4v) is 0.704. The van der Waals surface area contributed by atoms with E-state index in [4.69, 9.17) is 11.6 Å². The molecule has 1 N–H and O–H groups in total. The Morgan fingerprint density at radius 3 is 2.71 bits per heavy atom. The van der Waals surface area contributed by atoms with Gasteiger partial charge in [0, 0.05) is 11.0 Å². The summed E-state index contributed by atoms with van der Waals surface area (Å²) >= 11 is 8.71. The van der Waals surface area contributed by atoms with E-state index in [9.17, 15) is 4.79 Å². The number of alkyl halides is 1. The third kappa shape index (κ3) is 4.31. The summed E-state index contributed by atoms with van der Waals surface area (Å²) < 4.78 is 2.31. The maximum Gasteiger partial charge on any atom is 0.245 e. The summed E-state index contributed by atoms with van der Waals surface area (Å²) in [6.45, 7) is 0. The number of rotatable bonds is 2. The van der Waals surface area contributed by atoms with Gasteiger partial charge in [-0.05, 0) is 0 Å². The Labute approximate surface area is 55.9 Å². The van der Waals surface area contributed by atoms with Crippen LogP contribution in [0.1, 0.15) is 0 Å². The van der Waals surface area contributed by atoms with Crippen molar-refractivity contribution in [2.75, 3.05) is 5.88 Å². The van der Waals surface area contributed by atoms with E-state index >= 15 is 0 Å². The highest BCUT2D eigenvalue weighted by Gasteiger charge is 1.91. The summed E-state index contributed by atoms with van der Waals surface area (Å²) in [6.07, 6.45) is 0. The van der Waals surface area contributed by atoms with E-state index in [1.54, 1.807) is 0 Å². The molecule has 0 unspecified atom stereocenters. The van der Waals surface area contributed by atoms with Crippen LogP contribution in [0.4, 0.5) is 0 Å². The van der Waals surface area contributed by atoms with Crippen molar-refractivity contribution in [1.29, 1.82) is 0 Å². The Kier molecular flexibility index (Phi) is 4.92. The molecule has 0 radical (unpaired) electrons. The molecule has 0 aromatic rings. The summed E-state index contributed by atoms with van der Waals surface area (Å²) in [6, 6.07) is 0. The monoisotopic (exact) mass is 157 g/mol. The molecular weight excluding hydrogens is 154 g/mol. The molecule has 0 aromatic heterocycles. The SMILES string of the molecule is O=C(CCl)NSS. The maximum absolute atomic E-state index is 10.1. The van der Waals surface area contributed by atoms with Crippen LogP contribution in [0, 0.1) is 0 Å². The van der Waals surface area contributed by atoms with Crippen molar-refractivity contribution in [2.45, 2.75) is 0 Å². The first kappa shape index (κ1) is 7.46. The van der Waals surface area contributed by atoms with Crippen molar-refractivity contribution in [2.24, 2.45) is 0 Å². The average molecular weight is 158 g/mol. The fraction of sp³-hybridized carbons (Fsp3) is 0.500. The lowest BCUT2D eigenvalue weighted by Crippen LogP contribution is -2.14. The highest BCUT2D eigenvalue weighted by Crippen LogP contribution is 1.95. The summed E-state index contributed by atoms with van der Waals surface area (Å²) in [4.78, 5) is 10.1. The Morgan fingerprint density at radius 2 is 2.57 bits per heavy atom. The molecule has 42 valence electrons. The number of hydrogen-bond donors (Lipinski definition) is 2. The van der Waals surface area contributed by atoms with E-state index in [0.717, 1.165) is 11.0 Å². The molecule has 0 saturated heterocycles. The maximum atomic E-state index is 10.1. The predicted octanol–water partition coefficient (Wildman–Crippen LogP) is 0.834. The van der Waals surface area contributed by atoms with Gasteiger partial charge in [-0.25, -0.2) is 0 Å². The zero-order chi connectivity index (χ0) is 5.70. The first-order valence-electron chi connectivity index (χ1n) is 1.46. The molecule has 0 heterocycles. The minimum atomic E-state index is -0.221. The average Bonchev–Trinajstić information content (AvgIpc) is 1.68. The summed E-state index contributed by atoms with van der Waals surface area (Å²) in [5.41, 5.74) is 0. The molecule has 2 nitrogen and oxygen atoms in total. The third-order valence-corrected chi connectivity index (χ3v) is 1.12. The predicted molar refractivity (Wildman–Crippen MR) is 35.4 cm³/mol. The first-order chi connectivity index (χ1) is 3.31. The van der Waals surface area contributed by atoms with Crippen molar-refractivity contribution in [3.8, 4) is 0 Å². The number of amides is 1. The van der Waals surface area contributed by atoms with Gasteiger partial charge in [-0.1, -0.05) is 11.7 Å². The van der Waals surface area contributed by atoms with Crippen molar-refractivity contribution in [1.82, 2.24) is 4.72 Å². The van der Waals surface area contributed by atoms with Crippen LogP contribution in [0.15, 0.2) is 0 Å². The minimum Gasteiger partial charge on any atom is -0.290 e. The lowest BCUT2D eigenvalue weighted by Gasteiger charge is -1.90. The van der Waals surface area contributed by atoms with Gasteiger partial charge in [0.15, 0.2) is 0 Å². The van der Waals surface area contributed by atoms with Gasteiger partial charge in [-0.2, -0.15) is 0 Å². The van der Waals surface area contributed by atoms with Crippen molar-refractivity contribution in [3.63, 3.8) is 0 Å². The number of halogens is 1. The highest BCUT2D eigenvalue weighted by atomic mass is 35.5. The molecule has 0 aliphatic heterocycles. The molecule has 0 bridgehead atoms. The number of carbonyl (C=O) groups is 1. The third-order valence-electron chi connectivity index (χ3n) is 0.281. The second-order valence-electron chi connectivity index (χ2n) is 0.750. The van der Waals surface area contributed by atoms with Gasteiger partial charge in [0.1, 0.15) is 5.88 Å². The van der Waals surface area contributed by atoms with E-state index < -0.39 is 0 Å². The molecule has 0 fully saturated rings. The van der Waals surface area contributed by atoms with Gasteiger partial charge >= 0.3 is 0 Å². The zero-order valence-corrected chi connectivity index (χ0v) is 5.82. The van der Waals surface area contributed by atoms with E-state index in [-0.39, 0.29) is 11.8 Å². The van der Waals surface area contributed by atoms with Crippen molar-refractivity contribution >= 4 is 40.1 Å². The smallest absolute Gasteiger partial charge is 0.245 e. The molecule has 0 saturated carbocycles. The molecule has 0 spiro atoms. The van der Waals surface area contributed by atoms with Crippen molar-refractivity contribution in [3.05, 3.63) is 0 Å². The van der Waals surface area contributed by atoms with Crippen LogP contribution in [0.3, 0.4) is 0 Å². The fourth-order valence-electron chi connectivity index (χ4n) is 0.0782. The molecule has 7 heavy (non-hydrogen) atoms. The molecule has 0 aromatic carbocycles. The largest absolute Gasteiger partial charge is 0.290 e. The van der Waals surface area contributed by atoms with Crippen LogP contribution >= 0.6 is 34.2 Å². The molecule has 5 heteroatoms. The van der Waals surface area contributed by atoms with Crippen LogP contribution in [0.5, 0.6) is 0 Å². The van der Waals surface area contributed by atoms with E-state index in [1.807, 2.05) is 0 Å². The summed E-state index contributed by atoms with van der Waals surface area (Å²) in [5.74, 6) is -0.227. The Morgan fingerprint density at radius 1 is 2.00 bits per heavy atom. The molecule has 0 aliphatic carbocycles. The lowest BCUT2D eigenvalue weighted by atomic mass is 10.8. The van der Waals surface area contributed by atoms with Crippen molar-refractivity contribution < 1.29 is 4.79 Å². The zero-order valence-electron chi connectivity index (χ0n) is 3.35. The number of hydrogen-bond acceptors (Lipinski definition) is 3. The Bertz CT molecular complexity index is 68.7. The molecule has 0 rings (SSSR count). The number of carbonyl (C=O) groups excluding carboxylic acids is 1. The second kappa shape index (κ2) is 4.61. The van der Waals surface area contributed by atoms with Crippen LogP contribution in [0.2, 0.25) is 0 Å². The molecular formula is C2H4ClNOS2. The van der Waals surface area contributed by atoms with Gasteiger partial charge in [0.2, 0.25) is 5.91 Å². The van der Waals surface area contributed by atoms with Gasteiger partial charge in [-0.15, -0.1) is 11.6 Å². The van der Waals surface area contributed by atoms with E-state index in [0.29, 0.717) is 0 Å². The van der Waals surface area contributed by atoms with Crippen LogP contribution in [0.25, 0.3) is 0 Å². The first-order valence-corrected chi connectivity index (χ1v) is 3.87. The van der Waals surface area contributed by atoms with Gasteiger partial charge < -0.3 is 0 Å². The Hall–Kier alpha value is 0.460. The topological polar surface area (TPSA) is 29.1 Å². The van der Waals surface area contributed by atoms with Crippen LogP contribution < -0.4 is 4.72 Å². The summed E-state index contributed by atoms with van der Waals surface area (Å²) in [5, 5.41) is 0. The standard InChI is InChI=1S/C2H4ClNOS2/c3-1-2(5)4-7-6/h6H,1H2,(H,4,5). The van der Waals surface area contributed by atoms with E-state index in [2.05, 4.69) is 16.4 Å². The van der Waals surface area contributed by atoms with Gasteiger partial charge in [-0.3, -0.25) is 9.52 Å². The van der Waals surface area contributed by atoms with E-state index in [1.165, 1.54) is 0 Å². The molecule has 0 atom stereocenters. The number of nitrogens with one attached hydrogen (secondary N) is 1. The number of thiol groups is 1. The Balaban J connectivity index is 3.00. The molecule has 0 aliphatic rings. The summed E-state index contributed by atoms with van der Waals surface area (Å²) in [7, 11) is 0.945. The van der Waals surface area contributed by atoms with Gasteiger partial charge in [0.05, 0.1) is 0 Å². The second-order valence-corrected chi connectivity index (χ2v) is 1.95. The van der Waals surface area contributed by atoms with Gasteiger partial charge in [0.25, 0.3) is 0 Å². The van der Waals surface area contributed by atoms with Crippen LogP contribution in [-0.4, -0.2) is 11.8 Å². The quantitative estimate of drug-likeness (QED) is 0.269. The lowest BCUT2D eigenvalue weighted by molar-refractivity contribution is -0.116. The minimum absolute atomic E-state index is 0.00639. The highest BCUT2D eigenvalue weighted by molar-refractivity contribution is 8.68. The van der Waals surface area contributed by atoms with Crippen LogP contribution in [-0.2, 0) is 4.79 Å².